The van der Waals surface area contributed by atoms with E-state index in [1.807, 2.05) is 0 Å². The van der Waals surface area contributed by atoms with E-state index in [1.165, 1.54) is 18.2 Å². The van der Waals surface area contributed by atoms with Gasteiger partial charge in [0.05, 0.1) is 22.0 Å². The maximum Gasteiger partial charge on any atom is 0.222 e. The Balaban J connectivity index is 2.22. The van der Waals surface area contributed by atoms with Crippen molar-refractivity contribution in [1.29, 1.82) is 0 Å². The SMILES string of the molecule is CC1(C)N=C(c2ccc(F)cc2F)c2c(Cl)cc(N[SH](=O)=O)cc2O1. The third kappa shape index (κ3) is 3.59. The van der Waals surface area contributed by atoms with Crippen molar-refractivity contribution in [2.75, 3.05) is 4.72 Å². The second-order valence-electron chi connectivity index (χ2n) is 5.83. The van der Waals surface area contributed by atoms with Gasteiger partial charge in [-0.2, -0.15) is 0 Å². The highest BCUT2D eigenvalue weighted by Gasteiger charge is 2.32. The summed E-state index contributed by atoms with van der Waals surface area (Å²) in [5.41, 5.74) is -0.275. The maximum absolute atomic E-state index is 14.3. The molecule has 132 valence electrons. The first-order valence-corrected chi connectivity index (χ1v) is 8.71. The molecule has 1 aliphatic rings. The highest BCUT2D eigenvalue weighted by molar-refractivity contribution is 7.73. The average Bonchev–Trinajstić information content (AvgIpc) is 2.43. The molecule has 1 heterocycles. The zero-order valence-corrected chi connectivity index (χ0v) is 14.8. The Morgan fingerprint density at radius 1 is 1.20 bits per heavy atom. The van der Waals surface area contributed by atoms with E-state index in [9.17, 15) is 17.2 Å². The van der Waals surface area contributed by atoms with Gasteiger partial charge in [-0.1, -0.05) is 11.6 Å². The molecule has 1 N–H and O–H groups in total. The van der Waals surface area contributed by atoms with Crippen LogP contribution in [0.3, 0.4) is 0 Å². The van der Waals surface area contributed by atoms with Gasteiger partial charge in [0.25, 0.3) is 0 Å². The van der Waals surface area contributed by atoms with Crippen LogP contribution in [0, 0.1) is 11.6 Å². The van der Waals surface area contributed by atoms with Gasteiger partial charge in [0, 0.05) is 17.7 Å². The van der Waals surface area contributed by atoms with Crippen LogP contribution in [0.1, 0.15) is 25.0 Å². The molecule has 0 aromatic heterocycles. The van der Waals surface area contributed by atoms with Crippen LogP contribution in [0.5, 0.6) is 5.75 Å². The predicted octanol–water partition coefficient (Wildman–Crippen LogP) is 3.52. The Hall–Kier alpha value is -2.19. The Labute approximate surface area is 149 Å². The molecule has 2 aromatic carbocycles. The zero-order chi connectivity index (χ0) is 18.4. The molecule has 0 radical (unpaired) electrons. The molecule has 0 spiro atoms. The van der Waals surface area contributed by atoms with Crippen molar-refractivity contribution < 1.29 is 21.9 Å². The van der Waals surface area contributed by atoms with E-state index in [-0.39, 0.29) is 27.7 Å². The minimum Gasteiger partial charge on any atom is -0.466 e. The molecule has 3 rings (SSSR count). The molecular weight excluding hydrogens is 374 g/mol. The number of ether oxygens (including phenoxy) is 1. The molecule has 0 unspecified atom stereocenters. The Morgan fingerprint density at radius 2 is 1.92 bits per heavy atom. The molecular formula is C16H13ClF2N2O3S. The number of nitrogens with zero attached hydrogens (tertiary/aromatic N) is 1. The van der Waals surface area contributed by atoms with E-state index in [0.29, 0.717) is 5.56 Å². The van der Waals surface area contributed by atoms with Gasteiger partial charge in [-0.25, -0.2) is 22.2 Å². The molecule has 0 amide bonds. The fourth-order valence-corrected chi connectivity index (χ4v) is 3.20. The van der Waals surface area contributed by atoms with Gasteiger partial charge in [-0.15, -0.1) is 0 Å². The fourth-order valence-electron chi connectivity index (χ4n) is 2.56. The Bertz CT molecular complexity index is 966. The highest BCUT2D eigenvalue weighted by atomic mass is 35.5. The Morgan fingerprint density at radius 3 is 2.56 bits per heavy atom. The van der Waals surface area contributed by atoms with Crippen molar-refractivity contribution in [1.82, 2.24) is 0 Å². The number of halogens is 3. The summed E-state index contributed by atoms with van der Waals surface area (Å²) in [6.07, 6.45) is 0. The van der Waals surface area contributed by atoms with Crippen LogP contribution < -0.4 is 9.46 Å². The first kappa shape index (κ1) is 17.6. The summed E-state index contributed by atoms with van der Waals surface area (Å²) in [4.78, 5) is 4.38. The second kappa shape index (κ2) is 6.27. The number of benzene rings is 2. The van der Waals surface area contributed by atoms with Crippen LogP contribution in [0.4, 0.5) is 14.5 Å². The van der Waals surface area contributed by atoms with E-state index in [1.54, 1.807) is 13.8 Å². The minimum atomic E-state index is -2.89. The largest absolute Gasteiger partial charge is 0.466 e. The monoisotopic (exact) mass is 386 g/mol. The zero-order valence-electron chi connectivity index (χ0n) is 13.1. The molecule has 1 aliphatic heterocycles. The first-order chi connectivity index (χ1) is 11.7. The lowest BCUT2D eigenvalue weighted by atomic mass is 9.98. The molecule has 0 saturated carbocycles. The quantitative estimate of drug-likeness (QED) is 0.793. The van der Waals surface area contributed by atoms with Crippen LogP contribution in [-0.4, -0.2) is 19.9 Å². The van der Waals surface area contributed by atoms with Gasteiger partial charge in [-0.3, -0.25) is 4.72 Å². The van der Waals surface area contributed by atoms with Crippen molar-refractivity contribution in [3.63, 3.8) is 0 Å². The molecule has 0 saturated heterocycles. The van der Waals surface area contributed by atoms with E-state index < -0.39 is 28.2 Å². The number of aliphatic imine (C=N–C) groups is 1. The van der Waals surface area contributed by atoms with Crippen LogP contribution in [0.25, 0.3) is 0 Å². The fraction of sp³-hybridized carbons (Fsp3) is 0.188. The predicted molar refractivity (Wildman–Crippen MR) is 92.1 cm³/mol. The molecule has 9 heteroatoms. The van der Waals surface area contributed by atoms with E-state index in [2.05, 4.69) is 9.71 Å². The minimum absolute atomic E-state index is 0.0662. The summed E-state index contributed by atoms with van der Waals surface area (Å²) < 4.78 is 57.2. The van der Waals surface area contributed by atoms with E-state index in [0.717, 1.165) is 12.1 Å². The summed E-state index contributed by atoms with van der Waals surface area (Å²) >= 11 is 6.26. The summed E-state index contributed by atoms with van der Waals surface area (Å²) in [5, 5.41) is 0.120. The molecule has 5 nitrogen and oxygen atoms in total. The summed E-state index contributed by atoms with van der Waals surface area (Å²) in [6.45, 7) is 3.30. The number of anilines is 1. The standard InChI is InChI=1S/C16H13ClF2N2O3S/c1-16(2)20-15(10-4-3-8(18)5-12(10)19)14-11(17)6-9(21-25(22)23)7-13(14)24-16/h3-7,25H,1-2H3,(H,21,22,23). The number of nitrogens with one attached hydrogen (secondary N) is 1. The average molecular weight is 387 g/mol. The molecule has 2 aromatic rings. The lowest BCUT2D eigenvalue weighted by molar-refractivity contribution is 0.115. The molecule has 0 bridgehead atoms. The highest BCUT2D eigenvalue weighted by Crippen LogP contribution is 2.39. The van der Waals surface area contributed by atoms with E-state index in [4.69, 9.17) is 16.3 Å². The smallest absolute Gasteiger partial charge is 0.222 e. The molecule has 0 atom stereocenters. The van der Waals surface area contributed by atoms with Crippen molar-refractivity contribution in [2.45, 2.75) is 19.6 Å². The van der Waals surface area contributed by atoms with Crippen LogP contribution in [-0.2, 0) is 10.9 Å². The second-order valence-corrected chi connectivity index (χ2v) is 6.98. The van der Waals surface area contributed by atoms with Crippen LogP contribution >= 0.6 is 11.6 Å². The van der Waals surface area contributed by atoms with Crippen molar-refractivity contribution >= 4 is 33.9 Å². The number of hydrogen-bond donors (Lipinski definition) is 2. The van der Waals surface area contributed by atoms with Gasteiger partial charge in [0.15, 0.2) is 5.72 Å². The lowest BCUT2D eigenvalue weighted by Crippen LogP contribution is -2.33. The first-order valence-electron chi connectivity index (χ1n) is 7.15. The number of fused-ring (bicyclic) bond motifs is 1. The van der Waals surface area contributed by atoms with Crippen molar-refractivity contribution in [3.05, 3.63) is 58.1 Å². The van der Waals surface area contributed by atoms with Gasteiger partial charge in [0.2, 0.25) is 10.9 Å². The maximum atomic E-state index is 14.3. The molecule has 0 aliphatic carbocycles. The van der Waals surface area contributed by atoms with Gasteiger partial charge in [0.1, 0.15) is 17.4 Å². The van der Waals surface area contributed by atoms with Crippen LogP contribution in [0.2, 0.25) is 5.02 Å². The van der Waals surface area contributed by atoms with Gasteiger partial charge < -0.3 is 4.74 Å². The normalized spacial score (nSPS) is 15.4. The van der Waals surface area contributed by atoms with Crippen molar-refractivity contribution in [3.8, 4) is 5.75 Å². The van der Waals surface area contributed by atoms with Crippen LogP contribution in [0.15, 0.2) is 35.3 Å². The lowest BCUT2D eigenvalue weighted by Gasteiger charge is -2.31. The van der Waals surface area contributed by atoms with E-state index >= 15 is 0 Å². The van der Waals surface area contributed by atoms with Crippen molar-refractivity contribution in [2.24, 2.45) is 4.99 Å². The van der Waals surface area contributed by atoms with Gasteiger partial charge in [-0.05, 0) is 32.0 Å². The number of rotatable bonds is 3. The third-order valence-corrected chi connectivity index (χ3v) is 4.18. The number of hydrogen-bond acceptors (Lipinski definition) is 4. The molecule has 25 heavy (non-hydrogen) atoms. The third-order valence-electron chi connectivity index (χ3n) is 3.44. The summed E-state index contributed by atoms with van der Waals surface area (Å²) in [7, 11) is -2.89. The topological polar surface area (TPSA) is 67.8 Å². The van der Waals surface area contributed by atoms with Gasteiger partial charge >= 0.3 is 0 Å². The molecule has 0 fully saturated rings. The Kier molecular flexibility index (Phi) is 4.42. The number of thiol groups is 1. The summed E-state index contributed by atoms with van der Waals surface area (Å²) in [6, 6.07) is 5.95. The summed E-state index contributed by atoms with van der Waals surface area (Å²) in [5.74, 6) is -1.26.